The number of rotatable bonds is 3. The van der Waals surface area contributed by atoms with Crippen molar-refractivity contribution in [2.45, 2.75) is 6.92 Å². The van der Waals surface area contributed by atoms with Gasteiger partial charge in [0.2, 0.25) is 0 Å². The van der Waals surface area contributed by atoms with Crippen molar-refractivity contribution in [2.24, 2.45) is 4.99 Å². The van der Waals surface area contributed by atoms with Gasteiger partial charge < -0.3 is 10.1 Å². The van der Waals surface area contributed by atoms with Crippen molar-refractivity contribution in [3.63, 3.8) is 0 Å². The molecule has 2 rings (SSSR count). The molecule has 0 unspecified atom stereocenters. The lowest BCUT2D eigenvalue weighted by Crippen LogP contribution is -2.07. The van der Waals surface area contributed by atoms with Crippen LogP contribution in [0.4, 0.5) is 5.69 Å². The number of hydrogen-bond donors (Lipinski definition) is 1. The maximum absolute atomic E-state index is 11.4. The maximum Gasteiger partial charge on any atom is 0.338 e. The molecule has 1 aliphatic rings. The van der Waals surface area contributed by atoms with Gasteiger partial charge in [0.05, 0.1) is 18.7 Å². The fraction of sp³-hybridized carbons (Fsp3) is 0.333. The predicted octanol–water partition coefficient (Wildman–Crippen LogP) is 2.38. The number of nitrogens with zero attached hydrogens (tertiary/aromatic N) is 1. The number of benzene rings is 1. The quantitative estimate of drug-likeness (QED) is 0.837. The number of esters is 1. The number of carbonyl (C=O) groups is 1. The van der Waals surface area contributed by atoms with Crippen molar-refractivity contribution in [3.05, 3.63) is 29.8 Å². The first-order valence-electron chi connectivity index (χ1n) is 5.51. The van der Waals surface area contributed by atoms with Crippen molar-refractivity contribution in [1.82, 2.24) is 0 Å². The van der Waals surface area contributed by atoms with Crippen molar-refractivity contribution in [3.8, 4) is 0 Å². The van der Waals surface area contributed by atoms with E-state index in [-0.39, 0.29) is 5.97 Å². The minimum Gasteiger partial charge on any atom is -0.462 e. The monoisotopic (exact) mass is 250 g/mol. The average molecular weight is 250 g/mol. The van der Waals surface area contributed by atoms with Crippen LogP contribution in [0, 0.1) is 0 Å². The Hall–Kier alpha value is -1.49. The largest absolute Gasteiger partial charge is 0.462 e. The Morgan fingerprint density at radius 2 is 2.24 bits per heavy atom. The molecule has 0 saturated carbocycles. The van der Waals surface area contributed by atoms with Crippen molar-refractivity contribution in [2.75, 3.05) is 24.2 Å². The molecule has 0 spiro atoms. The zero-order valence-electron chi connectivity index (χ0n) is 9.60. The van der Waals surface area contributed by atoms with E-state index in [4.69, 9.17) is 4.74 Å². The Morgan fingerprint density at radius 1 is 1.47 bits per heavy atom. The van der Waals surface area contributed by atoms with Gasteiger partial charge in [-0.25, -0.2) is 4.79 Å². The van der Waals surface area contributed by atoms with Gasteiger partial charge >= 0.3 is 5.97 Å². The molecular weight excluding hydrogens is 236 g/mol. The molecule has 1 aliphatic heterocycles. The van der Waals surface area contributed by atoms with Gasteiger partial charge in [0, 0.05) is 11.4 Å². The van der Waals surface area contributed by atoms with E-state index in [9.17, 15) is 4.79 Å². The maximum atomic E-state index is 11.4. The molecule has 0 atom stereocenters. The lowest BCUT2D eigenvalue weighted by molar-refractivity contribution is 0.0526. The van der Waals surface area contributed by atoms with Gasteiger partial charge in [-0.2, -0.15) is 0 Å². The zero-order valence-corrected chi connectivity index (χ0v) is 10.4. The summed E-state index contributed by atoms with van der Waals surface area (Å²) in [7, 11) is 0. The molecule has 0 amide bonds. The summed E-state index contributed by atoms with van der Waals surface area (Å²) >= 11 is 1.70. The van der Waals surface area contributed by atoms with E-state index in [1.807, 2.05) is 12.1 Å². The van der Waals surface area contributed by atoms with Crippen LogP contribution in [0.1, 0.15) is 17.3 Å². The Morgan fingerprint density at radius 3 is 2.82 bits per heavy atom. The highest BCUT2D eigenvalue weighted by atomic mass is 32.2. The average Bonchev–Trinajstić information content (AvgIpc) is 2.83. The molecule has 1 aromatic carbocycles. The zero-order chi connectivity index (χ0) is 12.1. The van der Waals surface area contributed by atoms with Gasteiger partial charge in [0.1, 0.15) is 0 Å². The van der Waals surface area contributed by atoms with Gasteiger partial charge in [-0.3, -0.25) is 4.99 Å². The van der Waals surface area contributed by atoms with Crippen molar-refractivity contribution < 1.29 is 9.53 Å². The topological polar surface area (TPSA) is 50.7 Å². The summed E-state index contributed by atoms with van der Waals surface area (Å²) in [6, 6.07) is 7.21. The van der Waals surface area contributed by atoms with E-state index < -0.39 is 0 Å². The minimum atomic E-state index is -0.286. The second kappa shape index (κ2) is 5.72. The highest BCUT2D eigenvalue weighted by Crippen LogP contribution is 2.16. The summed E-state index contributed by atoms with van der Waals surface area (Å²) in [4.78, 5) is 15.7. The summed E-state index contributed by atoms with van der Waals surface area (Å²) < 4.78 is 4.91. The molecule has 1 aromatic rings. The van der Waals surface area contributed by atoms with Crippen LogP contribution in [0.5, 0.6) is 0 Å². The van der Waals surface area contributed by atoms with Crippen molar-refractivity contribution in [1.29, 1.82) is 0 Å². The number of carbonyl (C=O) groups excluding carboxylic acids is 1. The smallest absolute Gasteiger partial charge is 0.338 e. The van der Waals surface area contributed by atoms with Crippen LogP contribution in [0.15, 0.2) is 29.3 Å². The van der Waals surface area contributed by atoms with E-state index in [1.54, 1.807) is 30.8 Å². The summed E-state index contributed by atoms with van der Waals surface area (Å²) in [6.07, 6.45) is 0. The molecule has 17 heavy (non-hydrogen) atoms. The van der Waals surface area contributed by atoms with E-state index in [0.29, 0.717) is 12.2 Å². The fourth-order valence-corrected chi connectivity index (χ4v) is 2.19. The summed E-state index contributed by atoms with van der Waals surface area (Å²) in [5, 5.41) is 4.14. The van der Waals surface area contributed by atoms with E-state index in [2.05, 4.69) is 10.3 Å². The first-order valence-corrected chi connectivity index (χ1v) is 6.49. The SMILES string of the molecule is CCOC(=O)c1ccc(NC2=NCCS2)cc1. The second-order valence-corrected chi connectivity index (χ2v) is 4.54. The molecule has 0 aromatic heterocycles. The summed E-state index contributed by atoms with van der Waals surface area (Å²) in [6.45, 7) is 3.06. The molecule has 1 heterocycles. The van der Waals surface area contributed by atoms with Crippen LogP contribution in [-0.4, -0.2) is 30.0 Å². The molecule has 0 aliphatic carbocycles. The van der Waals surface area contributed by atoms with E-state index >= 15 is 0 Å². The van der Waals surface area contributed by atoms with Gasteiger partial charge in [-0.05, 0) is 31.2 Å². The highest BCUT2D eigenvalue weighted by molar-refractivity contribution is 8.14. The molecular formula is C12H14N2O2S. The standard InChI is InChI=1S/C12H14N2O2S/c1-2-16-11(15)9-3-5-10(6-4-9)14-12-13-7-8-17-12/h3-6H,2,7-8H2,1H3,(H,13,14). The second-order valence-electron chi connectivity index (χ2n) is 3.46. The summed E-state index contributed by atoms with van der Waals surface area (Å²) in [5.74, 6) is 0.745. The lowest BCUT2D eigenvalue weighted by Gasteiger charge is -2.06. The normalized spacial score (nSPS) is 14.3. The van der Waals surface area contributed by atoms with E-state index in [0.717, 1.165) is 23.2 Å². The Labute approximate surface area is 104 Å². The summed E-state index contributed by atoms with van der Waals surface area (Å²) in [5.41, 5.74) is 1.50. The first-order chi connectivity index (χ1) is 8.29. The lowest BCUT2D eigenvalue weighted by atomic mass is 10.2. The Kier molecular flexibility index (Phi) is 4.03. The van der Waals surface area contributed by atoms with Crippen LogP contribution in [0.25, 0.3) is 0 Å². The molecule has 0 fully saturated rings. The number of aliphatic imine (C=N–C) groups is 1. The number of nitrogens with one attached hydrogen (secondary N) is 1. The number of anilines is 1. The van der Waals surface area contributed by atoms with Crippen LogP contribution in [0.3, 0.4) is 0 Å². The highest BCUT2D eigenvalue weighted by Gasteiger charge is 2.08. The van der Waals surface area contributed by atoms with Crippen LogP contribution in [0.2, 0.25) is 0 Å². The molecule has 0 radical (unpaired) electrons. The number of thioether (sulfide) groups is 1. The third-order valence-electron chi connectivity index (χ3n) is 2.23. The molecule has 5 heteroatoms. The molecule has 1 N–H and O–H groups in total. The Bertz CT molecular complexity index is 429. The third kappa shape index (κ3) is 3.23. The van der Waals surface area contributed by atoms with Gasteiger partial charge in [-0.15, -0.1) is 0 Å². The molecule has 0 saturated heterocycles. The van der Waals surface area contributed by atoms with Gasteiger partial charge in [0.15, 0.2) is 5.17 Å². The molecule has 0 bridgehead atoms. The first kappa shape index (κ1) is 12.0. The van der Waals surface area contributed by atoms with E-state index in [1.165, 1.54) is 0 Å². The number of ether oxygens (including phenoxy) is 1. The number of amidine groups is 1. The molecule has 90 valence electrons. The van der Waals surface area contributed by atoms with Crippen LogP contribution >= 0.6 is 11.8 Å². The third-order valence-corrected chi connectivity index (χ3v) is 3.12. The van der Waals surface area contributed by atoms with Crippen LogP contribution < -0.4 is 5.32 Å². The molecule has 4 nitrogen and oxygen atoms in total. The van der Waals surface area contributed by atoms with Crippen LogP contribution in [-0.2, 0) is 4.74 Å². The Balaban J connectivity index is 1.99. The fourth-order valence-electron chi connectivity index (χ4n) is 1.44. The van der Waals surface area contributed by atoms with Crippen molar-refractivity contribution >= 4 is 28.6 Å². The minimum absolute atomic E-state index is 0.286. The predicted molar refractivity (Wildman–Crippen MR) is 70.8 cm³/mol. The van der Waals surface area contributed by atoms with Gasteiger partial charge in [0.25, 0.3) is 0 Å². The number of hydrogen-bond acceptors (Lipinski definition) is 5. The van der Waals surface area contributed by atoms with Gasteiger partial charge in [-0.1, -0.05) is 11.8 Å².